The molecular weight excluding hydrogens is 252 g/mol. The first kappa shape index (κ1) is 14.1. The zero-order valence-corrected chi connectivity index (χ0v) is 11.9. The van der Waals surface area contributed by atoms with Gasteiger partial charge in [-0.05, 0) is 49.6 Å². The van der Waals surface area contributed by atoms with Gasteiger partial charge >= 0.3 is 6.03 Å². The van der Waals surface area contributed by atoms with E-state index in [9.17, 15) is 4.79 Å². The summed E-state index contributed by atoms with van der Waals surface area (Å²) in [5, 5.41) is 9.77. The Balaban J connectivity index is 1.71. The molecule has 2 N–H and O–H groups in total. The van der Waals surface area contributed by atoms with Crippen molar-refractivity contribution >= 4 is 11.7 Å². The highest BCUT2D eigenvalue weighted by Crippen LogP contribution is 2.13. The smallest absolute Gasteiger partial charge is 0.319 e. The Morgan fingerprint density at radius 3 is 2.85 bits per heavy atom. The molecule has 1 aromatic heterocycles. The molecule has 0 radical (unpaired) electrons. The fraction of sp³-hybridized carbons (Fsp3) is 0.333. The maximum Gasteiger partial charge on any atom is 0.319 e. The van der Waals surface area contributed by atoms with Crippen molar-refractivity contribution in [2.24, 2.45) is 0 Å². The summed E-state index contributed by atoms with van der Waals surface area (Å²) in [7, 11) is 0. The van der Waals surface area contributed by atoms with E-state index in [0.29, 0.717) is 6.54 Å². The molecule has 0 aliphatic carbocycles. The molecule has 0 saturated heterocycles. The molecule has 2 rings (SSSR count). The Morgan fingerprint density at radius 1 is 1.30 bits per heavy atom. The number of amides is 2. The third kappa shape index (κ3) is 4.12. The normalized spacial score (nSPS) is 10.3. The Hall–Kier alpha value is -2.30. The standard InChI is InChI=1S/C15H20N4O/c1-12-5-6-14(11-13(12)2)18-15(20)16-7-3-9-19-10-4-8-17-19/h4-6,8,10-11H,3,7,9H2,1-2H3,(H2,16,18,20). The maximum absolute atomic E-state index is 11.7. The zero-order valence-electron chi connectivity index (χ0n) is 11.9. The number of benzene rings is 1. The molecule has 2 amide bonds. The van der Waals surface area contributed by atoms with Crippen molar-refractivity contribution in [3.8, 4) is 0 Å². The van der Waals surface area contributed by atoms with Crippen LogP contribution in [-0.2, 0) is 6.54 Å². The molecule has 1 aromatic carbocycles. The summed E-state index contributed by atoms with van der Waals surface area (Å²) in [5.41, 5.74) is 3.20. The van der Waals surface area contributed by atoms with Crippen molar-refractivity contribution in [3.63, 3.8) is 0 Å². The summed E-state index contributed by atoms with van der Waals surface area (Å²) in [6.07, 6.45) is 4.51. The number of aromatic nitrogens is 2. The molecule has 0 atom stereocenters. The van der Waals surface area contributed by atoms with Gasteiger partial charge < -0.3 is 10.6 Å². The summed E-state index contributed by atoms with van der Waals surface area (Å²) in [6, 6.07) is 7.60. The van der Waals surface area contributed by atoms with Gasteiger partial charge in [0.1, 0.15) is 0 Å². The van der Waals surface area contributed by atoms with Crippen LogP contribution in [0.2, 0.25) is 0 Å². The van der Waals surface area contributed by atoms with Crippen molar-refractivity contribution in [3.05, 3.63) is 47.8 Å². The molecule has 0 bridgehead atoms. The first-order chi connectivity index (χ1) is 9.65. The number of anilines is 1. The van der Waals surface area contributed by atoms with Gasteiger partial charge in [-0.1, -0.05) is 6.07 Å². The molecule has 0 aliphatic heterocycles. The summed E-state index contributed by atoms with van der Waals surface area (Å²) < 4.78 is 1.85. The minimum absolute atomic E-state index is 0.172. The van der Waals surface area contributed by atoms with E-state index >= 15 is 0 Å². The summed E-state index contributed by atoms with van der Waals surface area (Å²) in [6.45, 7) is 5.50. The Labute approximate surface area is 119 Å². The van der Waals surface area contributed by atoms with Gasteiger partial charge in [0.05, 0.1) is 0 Å². The highest BCUT2D eigenvalue weighted by molar-refractivity contribution is 5.89. The second kappa shape index (κ2) is 6.75. The maximum atomic E-state index is 11.7. The van der Waals surface area contributed by atoms with Gasteiger partial charge in [-0.3, -0.25) is 4.68 Å². The van der Waals surface area contributed by atoms with Crippen LogP contribution in [-0.4, -0.2) is 22.4 Å². The lowest BCUT2D eigenvalue weighted by atomic mass is 10.1. The highest BCUT2D eigenvalue weighted by Gasteiger charge is 2.02. The summed E-state index contributed by atoms with van der Waals surface area (Å²) in [5.74, 6) is 0. The van der Waals surface area contributed by atoms with Crippen molar-refractivity contribution < 1.29 is 4.79 Å². The largest absolute Gasteiger partial charge is 0.338 e. The predicted octanol–water partition coefficient (Wildman–Crippen LogP) is 2.71. The molecule has 0 fully saturated rings. The van der Waals surface area contributed by atoms with Crippen molar-refractivity contribution in [1.82, 2.24) is 15.1 Å². The molecule has 0 unspecified atom stereocenters. The monoisotopic (exact) mass is 272 g/mol. The van der Waals surface area contributed by atoms with E-state index in [-0.39, 0.29) is 6.03 Å². The minimum atomic E-state index is -0.172. The van der Waals surface area contributed by atoms with E-state index in [1.807, 2.05) is 42.1 Å². The van der Waals surface area contributed by atoms with E-state index in [4.69, 9.17) is 0 Å². The van der Waals surface area contributed by atoms with E-state index < -0.39 is 0 Å². The Kier molecular flexibility index (Phi) is 4.76. The number of aryl methyl sites for hydroxylation is 3. The van der Waals surface area contributed by atoms with Crippen molar-refractivity contribution in [2.75, 3.05) is 11.9 Å². The second-order valence-electron chi connectivity index (χ2n) is 4.80. The van der Waals surface area contributed by atoms with E-state index in [1.165, 1.54) is 11.1 Å². The minimum Gasteiger partial charge on any atom is -0.338 e. The molecule has 0 aliphatic rings. The Morgan fingerprint density at radius 2 is 2.15 bits per heavy atom. The lowest BCUT2D eigenvalue weighted by Crippen LogP contribution is -2.30. The van der Waals surface area contributed by atoms with Crippen LogP contribution in [0.5, 0.6) is 0 Å². The fourth-order valence-corrected chi connectivity index (χ4v) is 1.87. The lowest BCUT2D eigenvalue weighted by Gasteiger charge is -2.09. The average molecular weight is 272 g/mol. The van der Waals surface area contributed by atoms with Crippen LogP contribution in [0, 0.1) is 13.8 Å². The Bertz CT molecular complexity index is 563. The first-order valence-corrected chi connectivity index (χ1v) is 6.75. The van der Waals surface area contributed by atoms with Crippen LogP contribution in [0.4, 0.5) is 10.5 Å². The van der Waals surface area contributed by atoms with Gasteiger partial charge in [-0.15, -0.1) is 0 Å². The van der Waals surface area contributed by atoms with E-state index in [0.717, 1.165) is 18.7 Å². The summed E-state index contributed by atoms with van der Waals surface area (Å²) in [4.78, 5) is 11.7. The average Bonchev–Trinajstić information content (AvgIpc) is 2.92. The topological polar surface area (TPSA) is 59.0 Å². The predicted molar refractivity (Wildman–Crippen MR) is 79.8 cm³/mol. The van der Waals surface area contributed by atoms with Gasteiger partial charge in [-0.2, -0.15) is 5.10 Å². The molecule has 0 spiro atoms. The van der Waals surface area contributed by atoms with Crippen molar-refractivity contribution in [1.29, 1.82) is 0 Å². The number of carbonyl (C=O) groups is 1. The van der Waals surface area contributed by atoms with Crippen LogP contribution >= 0.6 is 0 Å². The third-order valence-corrected chi connectivity index (χ3v) is 3.17. The molecule has 1 heterocycles. The van der Waals surface area contributed by atoms with Crippen LogP contribution in [0.15, 0.2) is 36.7 Å². The second-order valence-corrected chi connectivity index (χ2v) is 4.80. The van der Waals surface area contributed by atoms with Gasteiger partial charge in [0.15, 0.2) is 0 Å². The van der Waals surface area contributed by atoms with Crippen molar-refractivity contribution in [2.45, 2.75) is 26.8 Å². The zero-order chi connectivity index (χ0) is 14.4. The van der Waals surface area contributed by atoms with E-state index in [1.54, 1.807) is 6.20 Å². The molecule has 106 valence electrons. The quantitative estimate of drug-likeness (QED) is 0.822. The molecule has 5 heteroatoms. The van der Waals surface area contributed by atoms with Crippen LogP contribution < -0.4 is 10.6 Å². The number of nitrogens with one attached hydrogen (secondary N) is 2. The molecule has 2 aromatic rings. The fourth-order valence-electron chi connectivity index (χ4n) is 1.87. The molecule has 0 saturated carbocycles. The number of hydrogen-bond acceptors (Lipinski definition) is 2. The summed E-state index contributed by atoms with van der Waals surface area (Å²) >= 11 is 0. The molecule has 5 nitrogen and oxygen atoms in total. The third-order valence-electron chi connectivity index (χ3n) is 3.17. The molecular formula is C15H20N4O. The number of urea groups is 1. The van der Waals surface area contributed by atoms with Gasteiger partial charge in [0.25, 0.3) is 0 Å². The molecule has 20 heavy (non-hydrogen) atoms. The van der Waals surface area contributed by atoms with Gasteiger partial charge in [0, 0.05) is 31.2 Å². The van der Waals surface area contributed by atoms with Crippen LogP contribution in [0.1, 0.15) is 17.5 Å². The first-order valence-electron chi connectivity index (χ1n) is 6.75. The number of hydrogen-bond donors (Lipinski definition) is 2. The van der Waals surface area contributed by atoms with E-state index in [2.05, 4.69) is 22.7 Å². The SMILES string of the molecule is Cc1ccc(NC(=O)NCCCn2cccn2)cc1C. The highest BCUT2D eigenvalue weighted by atomic mass is 16.2. The lowest BCUT2D eigenvalue weighted by molar-refractivity contribution is 0.251. The van der Waals surface area contributed by atoms with Gasteiger partial charge in [-0.25, -0.2) is 4.79 Å². The number of carbonyl (C=O) groups excluding carboxylic acids is 1. The number of rotatable bonds is 5. The van der Waals surface area contributed by atoms with Crippen LogP contribution in [0.3, 0.4) is 0 Å². The van der Waals surface area contributed by atoms with Gasteiger partial charge in [0.2, 0.25) is 0 Å². The van der Waals surface area contributed by atoms with Crippen LogP contribution in [0.25, 0.3) is 0 Å². The number of nitrogens with zero attached hydrogens (tertiary/aromatic N) is 2.